The van der Waals surface area contributed by atoms with Crippen LogP contribution < -0.4 is 10.2 Å². The second-order valence-corrected chi connectivity index (χ2v) is 10.7. The summed E-state index contributed by atoms with van der Waals surface area (Å²) < 4.78 is 0. The fourth-order valence-corrected chi connectivity index (χ4v) is 6.36. The molecule has 1 amide bonds. The first-order valence-corrected chi connectivity index (χ1v) is 13.2. The summed E-state index contributed by atoms with van der Waals surface area (Å²) in [6, 6.07) is 10.8. The molecule has 3 aromatic rings. The topological polar surface area (TPSA) is 58.1 Å². The molecule has 2 aromatic heterocycles. The third kappa shape index (κ3) is 4.41. The minimum atomic E-state index is 0.132. The van der Waals surface area contributed by atoms with Crippen LogP contribution in [-0.4, -0.2) is 35.0 Å². The van der Waals surface area contributed by atoms with Crippen molar-refractivity contribution in [3.63, 3.8) is 0 Å². The van der Waals surface area contributed by atoms with E-state index in [1.54, 1.807) is 0 Å². The summed E-state index contributed by atoms with van der Waals surface area (Å²) in [5.74, 6) is 2.24. The molecule has 2 fully saturated rings. The third-order valence-corrected chi connectivity index (χ3v) is 8.31. The number of piperidine rings is 1. The van der Waals surface area contributed by atoms with Crippen LogP contribution >= 0.6 is 11.3 Å². The molecular formula is C27H30N4OS. The molecule has 33 heavy (non-hydrogen) atoms. The lowest BCUT2D eigenvalue weighted by atomic mass is 9.94. The number of nitrogens with one attached hydrogen (secondary N) is 1. The zero-order valence-electron chi connectivity index (χ0n) is 18.9. The number of nitrogens with zero attached hydrogens (tertiary/aromatic N) is 3. The van der Waals surface area contributed by atoms with Gasteiger partial charge in [-0.15, -0.1) is 11.3 Å². The average molecular weight is 459 g/mol. The minimum Gasteiger partial charge on any atom is -0.356 e. The van der Waals surface area contributed by atoms with Crippen molar-refractivity contribution in [2.24, 2.45) is 5.92 Å². The fraction of sp³-hybridized carbons (Fsp3) is 0.444. The maximum Gasteiger partial charge on any atom is 0.223 e. The second kappa shape index (κ2) is 8.90. The molecule has 3 heterocycles. The lowest BCUT2D eigenvalue weighted by molar-refractivity contribution is -0.125. The Morgan fingerprint density at radius 3 is 2.58 bits per heavy atom. The Balaban J connectivity index is 1.31. The Kier molecular flexibility index (Phi) is 5.62. The van der Waals surface area contributed by atoms with Crippen LogP contribution in [0, 0.1) is 5.92 Å². The van der Waals surface area contributed by atoms with E-state index in [4.69, 9.17) is 9.97 Å². The number of rotatable bonds is 5. The molecule has 6 heteroatoms. The first-order chi connectivity index (χ1) is 16.2. The highest BCUT2D eigenvalue weighted by molar-refractivity contribution is 7.19. The highest BCUT2D eigenvalue weighted by atomic mass is 32.1. The number of aryl methyl sites for hydroxylation is 2. The number of hydrogen-bond acceptors (Lipinski definition) is 5. The lowest BCUT2D eigenvalue weighted by Crippen LogP contribution is -2.41. The number of carbonyl (C=O) groups excluding carboxylic acids is 1. The molecule has 0 radical (unpaired) electrons. The molecule has 1 saturated heterocycles. The molecule has 0 bridgehead atoms. The van der Waals surface area contributed by atoms with Gasteiger partial charge in [-0.3, -0.25) is 4.79 Å². The molecule has 1 aromatic carbocycles. The van der Waals surface area contributed by atoms with E-state index in [2.05, 4.69) is 28.4 Å². The van der Waals surface area contributed by atoms with Crippen LogP contribution in [0.4, 0.5) is 5.82 Å². The van der Waals surface area contributed by atoms with Crippen LogP contribution in [0.2, 0.25) is 0 Å². The van der Waals surface area contributed by atoms with Gasteiger partial charge in [0.1, 0.15) is 10.6 Å². The highest BCUT2D eigenvalue weighted by Crippen LogP contribution is 2.40. The number of aromatic nitrogens is 2. The summed E-state index contributed by atoms with van der Waals surface area (Å²) in [7, 11) is 0. The van der Waals surface area contributed by atoms with E-state index in [1.807, 2.05) is 35.6 Å². The van der Waals surface area contributed by atoms with Crippen LogP contribution in [0.25, 0.3) is 22.4 Å². The van der Waals surface area contributed by atoms with Gasteiger partial charge in [0.2, 0.25) is 5.91 Å². The molecule has 5 nitrogen and oxygen atoms in total. The quantitative estimate of drug-likeness (QED) is 0.568. The van der Waals surface area contributed by atoms with Gasteiger partial charge in [0, 0.05) is 29.9 Å². The van der Waals surface area contributed by atoms with Crippen LogP contribution in [-0.2, 0) is 17.6 Å². The number of hydrogen-bond donors (Lipinski definition) is 1. The number of amides is 1. The second-order valence-electron chi connectivity index (χ2n) is 9.58. The first-order valence-electron chi connectivity index (χ1n) is 12.4. The fourth-order valence-electron chi connectivity index (χ4n) is 5.09. The summed E-state index contributed by atoms with van der Waals surface area (Å²) in [4.78, 5) is 27.6. The molecule has 0 atom stereocenters. The molecule has 2 aliphatic carbocycles. The van der Waals surface area contributed by atoms with Gasteiger partial charge in [0.05, 0.1) is 5.39 Å². The molecule has 1 saturated carbocycles. The van der Waals surface area contributed by atoms with E-state index in [0.29, 0.717) is 6.04 Å². The maximum atomic E-state index is 12.6. The monoisotopic (exact) mass is 458 g/mol. The minimum absolute atomic E-state index is 0.132. The zero-order valence-corrected chi connectivity index (χ0v) is 19.7. The van der Waals surface area contributed by atoms with Crippen LogP contribution in [0.3, 0.4) is 0 Å². The number of benzene rings is 1. The van der Waals surface area contributed by atoms with Crippen LogP contribution in [0.5, 0.6) is 0 Å². The van der Waals surface area contributed by atoms with Gasteiger partial charge < -0.3 is 10.2 Å². The number of anilines is 1. The molecule has 6 rings (SSSR count). The van der Waals surface area contributed by atoms with Crippen molar-refractivity contribution in [3.8, 4) is 0 Å². The van der Waals surface area contributed by atoms with Crippen molar-refractivity contribution < 1.29 is 4.79 Å². The van der Waals surface area contributed by atoms with E-state index in [9.17, 15) is 4.79 Å². The maximum absolute atomic E-state index is 12.6. The lowest BCUT2D eigenvalue weighted by Gasteiger charge is -2.33. The van der Waals surface area contributed by atoms with Gasteiger partial charge >= 0.3 is 0 Å². The molecule has 3 aliphatic rings. The van der Waals surface area contributed by atoms with Gasteiger partial charge in [-0.1, -0.05) is 36.4 Å². The van der Waals surface area contributed by atoms with Crippen LogP contribution in [0.15, 0.2) is 30.3 Å². The molecule has 1 N–H and O–H groups in total. The molecule has 170 valence electrons. The predicted molar refractivity (Wildman–Crippen MR) is 136 cm³/mol. The van der Waals surface area contributed by atoms with E-state index in [-0.39, 0.29) is 11.8 Å². The summed E-state index contributed by atoms with van der Waals surface area (Å²) in [6.45, 7) is 1.75. The van der Waals surface area contributed by atoms with E-state index >= 15 is 0 Å². The SMILES string of the molecule is O=C(NC1CC1)C1CCN(c2nc(/C=C/c3ccccc3)nc3sc4c(c23)CCCC4)CC1. The average Bonchev–Trinajstić information content (AvgIpc) is 3.60. The van der Waals surface area contributed by atoms with Crippen molar-refractivity contribution >= 4 is 45.4 Å². The van der Waals surface area contributed by atoms with Crippen LogP contribution in [0.1, 0.15) is 60.4 Å². The number of fused-ring (bicyclic) bond motifs is 3. The number of thiophene rings is 1. The Labute approximate surface area is 198 Å². The normalized spacial score (nSPS) is 19.2. The van der Waals surface area contributed by atoms with Crippen molar-refractivity contribution in [1.82, 2.24) is 15.3 Å². The molecule has 1 aliphatic heterocycles. The summed E-state index contributed by atoms with van der Waals surface area (Å²) in [5, 5.41) is 4.47. The Hall–Kier alpha value is -2.73. The van der Waals surface area contributed by atoms with E-state index in [0.717, 1.165) is 73.7 Å². The smallest absolute Gasteiger partial charge is 0.223 e. The first kappa shape index (κ1) is 20.8. The molecule has 0 spiro atoms. The largest absolute Gasteiger partial charge is 0.356 e. The van der Waals surface area contributed by atoms with Gasteiger partial charge in [-0.25, -0.2) is 9.97 Å². The third-order valence-electron chi connectivity index (χ3n) is 7.13. The standard InChI is InChI=1S/C27H30N4OS/c32-26(28-20-11-12-20)19-14-16-31(17-15-19)25-24-21-8-4-5-9-22(21)33-27(24)30-23(29-25)13-10-18-6-2-1-3-7-18/h1-3,6-7,10,13,19-20H,4-5,8-9,11-12,14-17H2,(H,28,32)/b13-10+. The summed E-state index contributed by atoms with van der Waals surface area (Å²) >= 11 is 1.86. The molecule has 0 unspecified atom stereocenters. The highest BCUT2D eigenvalue weighted by Gasteiger charge is 2.31. The van der Waals surface area contributed by atoms with Crippen molar-refractivity contribution in [3.05, 3.63) is 52.2 Å². The number of carbonyl (C=O) groups is 1. The predicted octanol–water partition coefficient (Wildman–Crippen LogP) is 5.24. The summed E-state index contributed by atoms with van der Waals surface area (Å²) in [5.41, 5.74) is 2.62. The zero-order chi connectivity index (χ0) is 22.2. The summed E-state index contributed by atoms with van der Waals surface area (Å²) in [6.07, 6.45) is 13.0. The van der Waals surface area contributed by atoms with Gasteiger partial charge in [0.25, 0.3) is 0 Å². The van der Waals surface area contributed by atoms with Crippen molar-refractivity contribution in [2.45, 2.75) is 57.4 Å². The van der Waals surface area contributed by atoms with Gasteiger partial charge in [0.15, 0.2) is 5.82 Å². The Bertz CT molecular complexity index is 1190. The van der Waals surface area contributed by atoms with E-state index in [1.165, 1.54) is 28.7 Å². The Morgan fingerprint density at radius 2 is 1.79 bits per heavy atom. The van der Waals surface area contributed by atoms with E-state index < -0.39 is 0 Å². The Morgan fingerprint density at radius 1 is 1.00 bits per heavy atom. The van der Waals surface area contributed by atoms with Gasteiger partial charge in [-0.05, 0) is 68.6 Å². The van der Waals surface area contributed by atoms with Crippen molar-refractivity contribution in [1.29, 1.82) is 0 Å². The van der Waals surface area contributed by atoms with Crippen molar-refractivity contribution in [2.75, 3.05) is 18.0 Å². The van der Waals surface area contributed by atoms with Gasteiger partial charge in [-0.2, -0.15) is 0 Å². The molecular weight excluding hydrogens is 428 g/mol.